The molecule has 0 aromatic carbocycles. The van der Waals surface area contributed by atoms with Gasteiger partial charge in [-0.1, -0.05) is 6.92 Å². The summed E-state index contributed by atoms with van der Waals surface area (Å²) in [6.07, 6.45) is 2.21. The first-order valence-corrected chi connectivity index (χ1v) is 6.38. The number of rotatable bonds is 6. The minimum absolute atomic E-state index is 0.260. The number of hydrogen-bond donors (Lipinski definition) is 1. The number of aryl methyl sites for hydroxylation is 1. The Bertz CT molecular complexity index is 406. The molecule has 100 valence electrons. The van der Waals surface area contributed by atoms with Crippen LogP contribution in [0.5, 0.6) is 0 Å². The predicted molar refractivity (Wildman–Crippen MR) is 63.7 cm³/mol. The lowest BCUT2D eigenvalue weighted by atomic mass is 10.1. The van der Waals surface area contributed by atoms with E-state index in [1.165, 1.54) is 0 Å². The Hall–Kier alpha value is -1.50. The molecular weight excluding hydrogens is 234 g/mol. The topological polar surface area (TPSA) is 84.1 Å². The summed E-state index contributed by atoms with van der Waals surface area (Å²) in [6, 6.07) is 0. The van der Waals surface area contributed by atoms with Gasteiger partial charge in [0.1, 0.15) is 0 Å². The molecule has 1 aromatic heterocycles. The fourth-order valence-corrected chi connectivity index (χ4v) is 2.39. The summed E-state index contributed by atoms with van der Waals surface area (Å²) < 4.78 is 1.82. The number of nitrogens with zero attached hydrogens (tertiary/aromatic N) is 5. The van der Waals surface area contributed by atoms with E-state index in [9.17, 15) is 4.79 Å². The molecule has 7 nitrogen and oxygen atoms in total. The molecule has 1 saturated heterocycles. The highest BCUT2D eigenvalue weighted by Gasteiger charge is 2.25. The molecule has 0 spiro atoms. The Balaban J connectivity index is 1.87. The number of aromatic nitrogens is 4. The fraction of sp³-hybridized carbons (Fsp3) is 0.818. The molecule has 1 unspecified atom stereocenters. The fourth-order valence-electron chi connectivity index (χ4n) is 2.39. The maximum absolute atomic E-state index is 10.7. The number of tetrazole rings is 1. The average molecular weight is 253 g/mol. The summed E-state index contributed by atoms with van der Waals surface area (Å²) in [5.41, 5.74) is 0. The molecule has 1 aromatic rings. The first-order valence-electron chi connectivity index (χ1n) is 6.38. The highest BCUT2D eigenvalue weighted by atomic mass is 16.4. The van der Waals surface area contributed by atoms with Crippen molar-refractivity contribution in [3.8, 4) is 0 Å². The van der Waals surface area contributed by atoms with E-state index < -0.39 is 5.97 Å². The Morgan fingerprint density at radius 3 is 3.11 bits per heavy atom. The van der Waals surface area contributed by atoms with E-state index >= 15 is 0 Å². The maximum atomic E-state index is 10.7. The minimum Gasteiger partial charge on any atom is -0.481 e. The lowest BCUT2D eigenvalue weighted by Gasteiger charge is -2.14. The van der Waals surface area contributed by atoms with Crippen molar-refractivity contribution in [2.45, 2.75) is 39.3 Å². The Morgan fingerprint density at radius 1 is 1.56 bits per heavy atom. The zero-order valence-corrected chi connectivity index (χ0v) is 10.6. The van der Waals surface area contributed by atoms with Gasteiger partial charge in [-0.3, -0.25) is 9.69 Å². The van der Waals surface area contributed by atoms with Crippen LogP contribution in [0, 0.1) is 5.92 Å². The van der Waals surface area contributed by atoms with E-state index in [0.29, 0.717) is 6.54 Å². The maximum Gasteiger partial charge on any atom is 0.303 e. The second-order valence-corrected chi connectivity index (χ2v) is 4.81. The summed E-state index contributed by atoms with van der Waals surface area (Å²) in [5, 5.41) is 20.4. The van der Waals surface area contributed by atoms with Gasteiger partial charge in [0.25, 0.3) is 0 Å². The van der Waals surface area contributed by atoms with Crippen LogP contribution in [0.2, 0.25) is 0 Å². The number of carboxylic acid groups (broad SMARTS) is 1. The molecule has 1 atom stereocenters. The third-order valence-electron chi connectivity index (χ3n) is 3.24. The highest BCUT2D eigenvalue weighted by molar-refractivity contribution is 5.67. The van der Waals surface area contributed by atoms with Gasteiger partial charge in [-0.25, -0.2) is 4.68 Å². The summed E-state index contributed by atoms with van der Waals surface area (Å²) in [6.45, 7) is 5.38. The number of carbonyl (C=O) groups is 1. The third-order valence-corrected chi connectivity index (χ3v) is 3.24. The number of carboxylic acids is 1. The first kappa shape index (κ1) is 12.9. The molecule has 2 heterocycles. The lowest BCUT2D eigenvalue weighted by Crippen LogP contribution is -2.23. The van der Waals surface area contributed by atoms with Gasteiger partial charge in [0.15, 0.2) is 5.82 Å². The predicted octanol–water partition coefficient (Wildman–Crippen LogP) is 0.380. The van der Waals surface area contributed by atoms with Crippen LogP contribution in [0.15, 0.2) is 0 Å². The molecule has 0 saturated carbocycles. The van der Waals surface area contributed by atoms with E-state index in [2.05, 4.69) is 27.3 Å². The van der Waals surface area contributed by atoms with Crippen LogP contribution in [0.1, 0.15) is 32.0 Å². The summed E-state index contributed by atoms with van der Waals surface area (Å²) in [5.74, 6) is 0.420. The molecule has 1 N–H and O–H groups in total. The highest BCUT2D eigenvalue weighted by Crippen LogP contribution is 2.20. The Labute approximate surface area is 106 Å². The van der Waals surface area contributed by atoms with E-state index in [1.807, 2.05) is 4.68 Å². The first-order chi connectivity index (χ1) is 8.69. The molecule has 0 aliphatic carbocycles. The molecule has 2 rings (SSSR count). The number of likely N-dealkylation sites (tertiary alicyclic amines) is 1. The van der Waals surface area contributed by atoms with Gasteiger partial charge in [-0.15, -0.1) is 5.10 Å². The summed E-state index contributed by atoms with van der Waals surface area (Å²) in [4.78, 5) is 12.9. The SMILES string of the molecule is CCCn1nnnc1CN1CCC(CC(=O)O)C1. The Kier molecular flexibility index (Phi) is 4.24. The second kappa shape index (κ2) is 5.90. The van der Waals surface area contributed by atoms with Gasteiger partial charge >= 0.3 is 5.97 Å². The average Bonchev–Trinajstić information content (AvgIpc) is 2.90. The minimum atomic E-state index is -0.710. The van der Waals surface area contributed by atoms with Crippen LogP contribution >= 0.6 is 0 Å². The van der Waals surface area contributed by atoms with Gasteiger partial charge in [0.05, 0.1) is 6.54 Å². The van der Waals surface area contributed by atoms with Crippen LogP contribution in [0.4, 0.5) is 0 Å². The molecule has 7 heteroatoms. The van der Waals surface area contributed by atoms with E-state index in [0.717, 1.165) is 38.3 Å². The zero-order chi connectivity index (χ0) is 13.0. The van der Waals surface area contributed by atoms with Crippen molar-refractivity contribution in [1.29, 1.82) is 0 Å². The molecule has 0 bridgehead atoms. The molecule has 18 heavy (non-hydrogen) atoms. The van der Waals surface area contributed by atoms with E-state index in [1.54, 1.807) is 0 Å². The standard InChI is InChI=1S/C11H19N5O2/c1-2-4-16-10(12-13-14-16)8-15-5-3-9(7-15)6-11(17)18/h9H,2-8H2,1H3,(H,17,18). The van der Waals surface area contributed by atoms with Crippen molar-refractivity contribution in [3.05, 3.63) is 5.82 Å². The van der Waals surface area contributed by atoms with Gasteiger partial charge in [-0.2, -0.15) is 0 Å². The zero-order valence-electron chi connectivity index (χ0n) is 10.6. The summed E-state index contributed by atoms with van der Waals surface area (Å²) >= 11 is 0. The van der Waals surface area contributed by atoms with Gasteiger partial charge < -0.3 is 5.11 Å². The van der Waals surface area contributed by atoms with E-state index in [4.69, 9.17) is 5.11 Å². The van der Waals surface area contributed by atoms with Crippen molar-refractivity contribution >= 4 is 5.97 Å². The van der Waals surface area contributed by atoms with Crippen molar-refractivity contribution in [2.75, 3.05) is 13.1 Å². The van der Waals surface area contributed by atoms with Crippen LogP contribution < -0.4 is 0 Å². The van der Waals surface area contributed by atoms with Crippen molar-refractivity contribution in [3.63, 3.8) is 0 Å². The summed E-state index contributed by atoms with van der Waals surface area (Å²) in [7, 11) is 0. The van der Waals surface area contributed by atoms with Crippen molar-refractivity contribution in [1.82, 2.24) is 25.1 Å². The second-order valence-electron chi connectivity index (χ2n) is 4.81. The molecule has 0 amide bonds. The van der Waals surface area contributed by atoms with Crippen LogP contribution in [-0.4, -0.2) is 49.3 Å². The van der Waals surface area contributed by atoms with E-state index in [-0.39, 0.29) is 12.3 Å². The number of aliphatic carboxylic acids is 1. The van der Waals surface area contributed by atoms with Gasteiger partial charge in [0, 0.05) is 19.5 Å². The lowest BCUT2D eigenvalue weighted by molar-refractivity contribution is -0.138. The van der Waals surface area contributed by atoms with Crippen LogP contribution in [-0.2, 0) is 17.9 Å². The monoisotopic (exact) mass is 253 g/mol. The molecule has 1 fully saturated rings. The van der Waals surface area contributed by atoms with Crippen LogP contribution in [0.25, 0.3) is 0 Å². The molecule has 0 radical (unpaired) electrons. The van der Waals surface area contributed by atoms with Gasteiger partial charge in [0.2, 0.25) is 0 Å². The largest absolute Gasteiger partial charge is 0.481 e. The normalized spacial score (nSPS) is 20.4. The molecule has 1 aliphatic rings. The molecular formula is C11H19N5O2. The smallest absolute Gasteiger partial charge is 0.303 e. The molecule has 1 aliphatic heterocycles. The van der Waals surface area contributed by atoms with Crippen molar-refractivity contribution in [2.24, 2.45) is 5.92 Å². The van der Waals surface area contributed by atoms with Gasteiger partial charge in [-0.05, 0) is 35.7 Å². The number of hydrogen-bond acceptors (Lipinski definition) is 5. The van der Waals surface area contributed by atoms with Crippen LogP contribution in [0.3, 0.4) is 0 Å². The quantitative estimate of drug-likeness (QED) is 0.789. The van der Waals surface area contributed by atoms with Crippen molar-refractivity contribution < 1.29 is 9.90 Å². The Morgan fingerprint density at radius 2 is 2.39 bits per heavy atom. The third kappa shape index (κ3) is 3.25.